The van der Waals surface area contributed by atoms with Crippen molar-refractivity contribution in [1.29, 1.82) is 0 Å². The van der Waals surface area contributed by atoms with Crippen LogP contribution in [0.1, 0.15) is 46.5 Å². The molecule has 0 spiro atoms. The molecule has 0 unspecified atom stereocenters. The molecule has 0 aliphatic heterocycles. The summed E-state index contributed by atoms with van der Waals surface area (Å²) < 4.78 is 5.17. The fraction of sp³-hybridized carbons (Fsp3) is 0.929. The number of nitrogens with one attached hydrogen (secondary N) is 2. The normalized spacial score (nSPS) is 21.5. The first-order valence-corrected chi connectivity index (χ1v) is 7.09. The number of rotatable bonds is 6. The lowest BCUT2D eigenvalue weighted by atomic mass is 10.0. The number of carbonyl (C=O) groups is 1. The first-order valence-electron chi connectivity index (χ1n) is 7.09. The molecule has 2 saturated carbocycles. The van der Waals surface area contributed by atoms with E-state index < -0.39 is 5.60 Å². The summed E-state index contributed by atoms with van der Waals surface area (Å²) in [5.41, 5.74) is 0.216. The molecule has 2 aliphatic rings. The standard InChI is InChI=1S/C14H26N2O2/c1-13(2,3)18-12(17)16-9-8-15-10-14(6-7-14)11-4-5-11/h11,15H,4-10H2,1-3H3,(H,16,17). The molecule has 2 aliphatic carbocycles. The Morgan fingerprint density at radius 2 is 1.94 bits per heavy atom. The van der Waals surface area contributed by atoms with Crippen molar-refractivity contribution in [2.75, 3.05) is 19.6 Å². The monoisotopic (exact) mass is 254 g/mol. The first kappa shape index (κ1) is 13.7. The van der Waals surface area contributed by atoms with E-state index in [9.17, 15) is 4.79 Å². The zero-order valence-corrected chi connectivity index (χ0v) is 11.8. The van der Waals surface area contributed by atoms with E-state index in [-0.39, 0.29) is 6.09 Å². The average molecular weight is 254 g/mol. The molecule has 2 N–H and O–H groups in total. The summed E-state index contributed by atoms with van der Waals surface area (Å²) in [6.45, 7) is 8.20. The zero-order valence-electron chi connectivity index (χ0n) is 11.8. The number of ether oxygens (including phenoxy) is 1. The zero-order chi connectivity index (χ0) is 13.2. The summed E-state index contributed by atoms with van der Waals surface area (Å²) in [5.74, 6) is 0.990. The van der Waals surface area contributed by atoms with Crippen molar-refractivity contribution in [2.24, 2.45) is 11.3 Å². The third-order valence-corrected chi connectivity index (χ3v) is 3.78. The van der Waals surface area contributed by atoms with E-state index in [1.165, 1.54) is 25.7 Å². The molecule has 0 radical (unpaired) electrons. The Bertz CT molecular complexity index is 301. The molecule has 0 aromatic heterocycles. The Balaban J connectivity index is 1.50. The van der Waals surface area contributed by atoms with Gasteiger partial charge in [0.25, 0.3) is 0 Å². The van der Waals surface area contributed by atoms with Crippen molar-refractivity contribution < 1.29 is 9.53 Å². The maximum absolute atomic E-state index is 11.4. The van der Waals surface area contributed by atoms with Crippen LogP contribution in [0.5, 0.6) is 0 Å². The Kier molecular flexibility index (Phi) is 3.85. The maximum Gasteiger partial charge on any atom is 0.407 e. The van der Waals surface area contributed by atoms with Crippen molar-refractivity contribution in [3.63, 3.8) is 0 Å². The van der Waals surface area contributed by atoms with Crippen LogP contribution in [0, 0.1) is 11.3 Å². The molecule has 2 fully saturated rings. The molecule has 0 bridgehead atoms. The fourth-order valence-electron chi connectivity index (χ4n) is 2.49. The predicted molar refractivity (Wildman–Crippen MR) is 71.5 cm³/mol. The van der Waals surface area contributed by atoms with Gasteiger partial charge in [0.1, 0.15) is 5.60 Å². The topological polar surface area (TPSA) is 50.4 Å². The Morgan fingerprint density at radius 1 is 1.28 bits per heavy atom. The molecule has 4 heteroatoms. The molecule has 0 saturated heterocycles. The summed E-state index contributed by atoms with van der Waals surface area (Å²) in [6.07, 6.45) is 5.32. The summed E-state index contributed by atoms with van der Waals surface area (Å²) in [6, 6.07) is 0. The second-order valence-electron chi connectivity index (χ2n) is 6.74. The van der Waals surface area contributed by atoms with Crippen molar-refractivity contribution in [2.45, 2.75) is 52.1 Å². The first-order chi connectivity index (χ1) is 8.41. The van der Waals surface area contributed by atoms with Gasteiger partial charge >= 0.3 is 6.09 Å². The van der Waals surface area contributed by atoms with Gasteiger partial charge < -0.3 is 15.4 Å². The van der Waals surface area contributed by atoms with E-state index in [1.807, 2.05) is 20.8 Å². The van der Waals surface area contributed by atoms with E-state index in [0.29, 0.717) is 12.0 Å². The van der Waals surface area contributed by atoms with Gasteiger partial charge in [0.2, 0.25) is 0 Å². The van der Waals surface area contributed by atoms with Crippen molar-refractivity contribution in [3.05, 3.63) is 0 Å². The molecule has 0 aromatic carbocycles. The molecule has 0 atom stereocenters. The van der Waals surface area contributed by atoms with Gasteiger partial charge in [-0.15, -0.1) is 0 Å². The Morgan fingerprint density at radius 3 is 2.44 bits per heavy atom. The number of hydrogen-bond donors (Lipinski definition) is 2. The smallest absolute Gasteiger partial charge is 0.407 e. The SMILES string of the molecule is CC(C)(C)OC(=O)NCCNCC1(C2CC2)CC1. The van der Waals surface area contributed by atoms with Gasteiger partial charge in [0.05, 0.1) is 0 Å². The van der Waals surface area contributed by atoms with Crippen molar-refractivity contribution in [1.82, 2.24) is 10.6 Å². The third-order valence-electron chi connectivity index (χ3n) is 3.78. The molecule has 0 heterocycles. The van der Waals surface area contributed by atoms with Crippen LogP contribution in [0.15, 0.2) is 0 Å². The summed E-state index contributed by atoms with van der Waals surface area (Å²) in [5, 5.41) is 6.22. The Hall–Kier alpha value is -0.770. The molecule has 104 valence electrons. The molecule has 4 nitrogen and oxygen atoms in total. The minimum atomic E-state index is -0.415. The second kappa shape index (κ2) is 5.08. The van der Waals surface area contributed by atoms with Crippen LogP contribution in [-0.4, -0.2) is 31.3 Å². The largest absolute Gasteiger partial charge is 0.444 e. The summed E-state index contributed by atoms with van der Waals surface area (Å²) in [7, 11) is 0. The van der Waals surface area contributed by atoms with E-state index >= 15 is 0 Å². The highest BCUT2D eigenvalue weighted by molar-refractivity contribution is 5.67. The number of alkyl carbamates (subject to hydrolysis) is 1. The average Bonchev–Trinajstić information content (AvgIpc) is 3.09. The third kappa shape index (κ3) is 4.16. The van der Waals surface area contributed by atoms with Crippen LogP contribution in [0.4, 0.5) is 4.79 Å². The summed E-state index contributed by atoms with van der Waals surface area (Å²) in [4.78, 5) is 11.4. The van der Waals surface area contributed by atoms with Crippen LogP contribution in [-0.2, 0) is 4.74 Å². The van der Waals surface area contributed by atoms with Gasteiger partial charge in [-0.3, -0.25) is 0 Å². The molecule has 18 heavy (non-hydrogen) atoms. The van der Waals surface area contributed by atoms with Crippen LogP contribution in [0.3, 0.4) is 0 Å². The van der Waals surface area contributed by atoms with Crippen LogP contribution < -0.4 is 10.6 Å². The van der Waals surface area contributed by atoms with E-state index in [4.69, 9.17) is 4.74 Å². The van der Waals surface area contributed by atoms with Crippen molar-refractivity contribution in [3.8, 4) is 0 Å². The molecular formula is C14H26N2O2. The van der Waals surface area contributed by atoms with Gasteiger partial charge in [-0.2, -0.15) is 0 Å². The van der Waals surface area contributed by atoms with Gasteiger partial charge in [-0.05, 0) is 57.8 Å². The lowest BCUT2D eigenvalue weighted by Crippen LogP contribution is -2.37. The number of carbonyl (C=O) groups excluding carboxylic acids is 1. The molecule has 2 rings (SSSR count). The van der Waals surface area contributed by atoms with E-state index in [2.05, 4.69) is 10.6 Å². The van der Waals surface area contributed by atoms with Crippen LogP contribution in [0.2, 0.25) is 0 Å². The lowest BCUT2D eigenvalue weighted by Gasteiger charge is -2.20. The number of hydrogen-bond acceptors (Lipinski definition) is 3. The number of amides is 1. The minimum absolute atomic E-state index is 0.326. The van der Waals surface area contributed by atoms with Gasteiger partial charge in [0.15, 0.2) is 0 Å². The maximum atomic E-state index is 11.4. The highest BCUT2D eigenvalue weighted by Crippen LogP contribution is 2.60. The lowest BCUT2D eigenvalue weighted by molar-refractivity contribution is 0.0528. The van der Waals surface area contributed by atoms with Gasteiger partial charge in [-0.1, -0.05) is 0 Å². The highest BCUT2D eigenvalue weighted by Gasteiger charge is 2.53. The van der Waals surface area contributed by atoms with Crippen LogP contribution >= 0.6 is 0 Å². The van der Waals surface area contributed by atoms with Gasteiger partial charge in [-0.25, -0.2) is 4.79 Å². The van der Waals surface area contributed by atoms with Crippen LogP contribution in [0.25, 0.3) is 0 Å². The second-order valence-corrected chi connectivity index (χ2v) is 6.74. The molecule has 1 amide bonds. The van der Waals surface area contributed by atoms with E-state index in [0.717, 1.165) is 19.0 Å². The molecule has 0 aromatic rings. The minimum Gasteiger partial charge on any atom is -0.444 e. The predicted octanol–water partition coefficient (Wildman–Crippen LogP) is 2.29. The fourth-order valence-corrected chi connectivity index (χ4v) is 2.49. The van der Waals surface area contributed by atoms with E-state index in [1.54, 1.807) is 0 Å². The molecular weight excluding hydrogens is 228 g/mol. The highest BCUT2D eigenvalue weighted by atomic mass is 16.6. The van der Waals surface area contributed by atoms with Gasteiger partial charge in [0, 0.05) is 19.6 Å². The van der Waals surface area contributed by atoms with Crippen molar-refractivity contribution >= 4 is 6.09 Å². The Labute approximate surface area is 110 Å². The summed E-state index contributed by atoms with van der Waals surface area (Å²) >= 11 is 0. The quantitative estimate of drug-likeness (QED) is 0.715.